The first-order valence-electron chi connectivity index (χ1n) is 7.64. The van der Waals surface area contributed by atoms with E-state index in [2.05, 4.69) is 21.5 Å². The Labute approximate surface area is 145 Å². The molecule has 1 heterocycles. The van der Waals surface area contributed by atoms with Crippen LogP contribution >= 0.6 is 0 Å². The lowest BCUT2D eigenvalue weighted by atomic mass is 9.99. The third-order valence-electron chi connectivity index (χ3n) is 3.82. The van der Waals surface area contributed by atoms with Crippen molar-refractivity contribution in [3.63, 3.8) is 0 Å². The molecule has 1 aromatic carbocycles. The fourth-order valence-corrected chi connectivity index (χ4v) is 2.06. The summed E-state index contributed by atoms with van der Waals surface area (Å²) >= 11 is 0. The number of amides is 1. The molecular weight excluding hydrogens is 319 g/mol. The predicted octanol–water partition coefficient (Wildman–Crippen LogP) is 3.37. The van der Waals surface area contributed by atoms with Crippen molar-refractivity contribution < 1.29 is 9.18 Å². The number of carbonyl (C=O) groups excluding carboxylic acids is 1. The quantitative estimate of drug-likeness (QED) is 0.821. The Kier molecular flexibility index (Phi) is 5.36. The molecule has 0 aliphatic rings. The van der Waals surface area contributed by atoms with E-state index in [1.807, 2.05) is 6.92 Å². The number of carbonyl (C=O) groups is 1. The molecule has 1 amide bonds. The zero-order valence-corrected chi connectivity index (χ0v) is 13.9. The second-order valence-electron chi connectivity index (χ2n) is 5.62. The van der Waals surface area contributed by atoms with Gasteiger partial charge < -0.3 is 10.6 Å². The third kappa shape index (κ3) is 4.13. The zero-order valence-electron chi connectivity index (χ0n) is 13.9. The van der Waals surface area contributed by atoms with Crippen molar-refractivity contribution in [3.8, 4) is 18.4 Å². The van der Waals surface area contributed by atoms with Crippen LogP contribution in [0, 0.1) is 29.5 Å². The van der Waals surface area contributed by atoms with Crippen molar-refractivity contribution in [1.82, 2.24) is 10.3 Å². The minimum Gasteiger partial charge on any atom is -0.340 e. The first kappa shape index (κ1) is 18.0. The van der Waals surface area contributed by atoms with E-state index >= 15 is 0 Å². The summed E-state index contributed by atoms with van der Waals surface area (Å²) in [5.74, 6) is 1.87. The monoisotopic (exact) mass is 336 g/mol. The average molecular weight is 336 g/mol. The van der Waals surface area contributed by atoms with Crippen molar-refractivity contribution >= 4 is 17.4 Å². The number of hydrogen-bond acceptors (Lipinski definition) is 4. The van der Waals surface area contributed by atoms with E-state index in [-0.39, 0.29) is 17.3 Å². The van der Waals surface area contributed by atoms with Crippen LogP contribution in [-0.2, 0) is 0 Å². The van der Waals surface area contributed by atoms with Gasteiger partial charge in [-0.2, -0.15) is 5.26 Å². The largest absolute Gasteiger partial charge is 0.340 e. The van der Waals surface area contributed by atoms with E-state index in [1.165, 1.54) is 24.4 Å². The number of aromatic nitrogens is 1. The Morgan fingerprint density at radius 2 is 2.20 bits per heavy atom. The second kappa shape index (κ2) is 7.46. The van der Waals surface area contributed by atoms with Gasteiger partial charge in [0.2, 0.25) is 0 Å². The molecule has 2 N–H and O–H groups in total. The molecule has 1 atom stereocenters. The topological polar surface area (TPSA) is 77.8 Å². The number of benzene rings is 1. The van der Waals surface area contributed by atoms with Gasteiger partial charge in [-0.3, -0.25) is 4.79 Å². The summed E-state index contributed by atoms with van der Waals surface area (Å²) in [6, 6.07) is 8.99. The van der Waals surface area contributed by atoms with Crippen LogP contribution in [0.15, 0.2) is 36.5 Å². The highest BCUT2D eigenvalue weighted by atomic mass is 19.1. The molecular formula is C19H17FN4O. The van der Waals surface area contributed by atoms with Crippen molar-refractivity contribution in [3.05, 3.63) is 53.5 Å². The first-order valence-corrected chi connectivity index (χ1v) is 7.64. The van der Waals surface area contributed by atoms with Crippen molar-refractivity contribution in [2.24, 2.45) is 0 Å². The molecule has 1 unspecified atom stereocenters. The predicted molar refractivity (Wildman–Crippen MR) is 93.6 cm³/mol. The summed E-state index contributed by atoms with van der Waals surface area (Å²) in [6.07, 6.45) is 7.58. The highest BCUT2D eigenvalue weighted by molar-refractivity contribution is 6.00. The molecule has 0 saturated heterocycles. The van der Waals surface area contributed by atoms with Crippen molar-refractivity contribution in [1.29, 1.82) is 5.26 Å². The molecule has 0 saturated carbocycles. The molecule has 126 valence electrons. The van der Waals surface area contributed by atoms with Gasteiger partial charge in [0.05, 0.1) is 16.7 Å². The number of nitrogens with one attached hydrogen (secondary N) is 2. The van der Waals surface area contributed by atoms with E-state index < -0.39 is 11.4 Å². The van der Waals surface area contributed by atoms with E-state index in [9.17, 15) is 9.18 Å². The highest BCUT2D eigenvalue weighted by Gasteiger charge is 2.23. The maximum absolute atomic E-state index is 13.4. The van der Waals surface area contributed by atoms with E-state index in [0.29, 0.717) is 17.7 Å². The second-order valence-corrected chi connectivity index (χ2v) is 5.62. The lowest BCUT2D eigenvalue weighted by molar-refractivity contribution is 0.0924. The van der Waals surface area contributed by atoms with Gasteiger partial charge in [0.1, 0.15) is 17.7 Å². The first-order chi connectivity index (χ1) is 11.9. The summed E-state index contributed by atoms with van der Waals surface area (Å²) in [7, 11) is 0. The van der Waals surface area contributed by atoms with E-state index in [4.69, 9.17) is 11.7 Å². The van der Waals surface area contributed by atoms with Gasteiger partial charge in [-0.05, 0) is 43.7 Å². The number of nitrogens with zero attached hydrogens (tertiary/aromatic N) is 2. The maximum atomic E-state index is 13.4. The molecule has 0 radical (unpaired) electrons. The molecule has 0 bridgehead atoms. The summed E-state index contributed by atoms with van der Waals surface area (Å²) in [6.45, 7) is 3.64. The summed E-state index contributed by atoms with van der Waals surface area (Å²) in [5.41, 5.74) is -0.132. The standard InChI is InChI=1S/C19H17FN4O/c1-4-19(3,5-2)24-18(25)15-7-6-10-22-17(15)23-14-8-9-16(20)13(11-14)12-21/h1,6-11H,5H2,2-3H3,(H,22,23)(H,24,25). The van der Waals surface area contributed by atoms with Crippen LogP contribution in [0.3, 0.4) is 0 Å². The van der Waals surface area contributed by atoms with Gasteiger partial charge in [0, 0.05) is 11.9 Å². The molecule has 5 nitrogen and oxygen atoms in total. The molecule has 0 aliphatic carbocycles. The fraction of sp³-hybridized carbons (Fsp3) is 0.211. The van der Waals surface area contributed by atoms with Gasteiger partial charge >= 0.3 is 0 Å². The summed E-state index contributed by atoms with van der Waals surface area (Å²) < 4.78 is 13.4. The summed E-state index contributed by atoms with van der Waals surface area (Å²) in [4.78, 5) is 16.7. The van der Waals surface area contributed by atoms with Gasteiger partial charge in [-0.1, -0.05) is 12.8 Å². The van der Waals surface area contributed by atoms with Crippen LogP contribution in [-0.4, -0.2) is 16.4 Å². The molecule has 0 aliphatic heterocycles. The smallest absolute Gasteiger partial charge is 0.256 e. The molecule has 0 spiro atoms. The normalized spacial score (nSPS) is 12.4. The van der Waals surface area contributed by atoms with Gasteiger partial charge in [-0.15, -0.1) is 6.42 Å². The average Bonchev–Trinajstić information content (AvgIpc) is 2.63. The van der Waals surface area contributed by atoms with E-state index in [1.54, 1.807) is 25.1 Å². The Hall–Kier alpha value is -3.38. The van der Waals surface area contributed by atoms with Crippen molar-refractivity contribution in [2.45, 2.75) is 25.8 Å². The van der Waals surface area contributed by atoms with E-state index in [0.717, 1.165) is 0 Å². The lowest BCUT2D eigenvalue weighted by Gasteiger charge is -2.24. The number of hydrogen-bond donors (Lipinski definition) is 2. The number of nitriles is 1. The molecule has 2 rings (SSSR count). The van der Waals surface area contributed by atoms with Gasteiger partial charge in [0.25, 0.3) is 5.91 Å². The Morgan fingerprint density at radius 1 is 1.44 bits per heavy atom. The van der Waals surface area contributed by atoms with Crippen LogP contribution < -0.4 is 10.6 Å². The van der Waals surface area contributed by atoms with Crippen LogP contribution in [0.4, 0.5) is 15.9 Å². The zero-order chi connectivity index (χ0) is 18.4. The minimum atomic E-state index is -0.770. The van der Waals surface area contributed by atoms with Crippen LogP contribution in [0.2, 0.25) is 0 Å². The molecule has 25 heavy (non-hydrogen) atoms. The Bertz CT molecular complexity index is 882. The van der Waals surface area contributed by atoms with Crippen molar-refractivity contribution in [2.75, 3.05) is 5.32 Å². The lowest BCUT2D eigenvalue weighted by Crippen LogP contribution is -2.44. The highest BCUT2D eigenvalue weighted by Crippen LogP contribution is 2.21. The SMILES string of the molecule is C#CC(C)(CC)NC(=O)c1cccnc1Nc1ccc(F)c(C#N)c1. The Balaban J connectivity index is 2.31. The number of pyridine rings is 1. The molecule has 0 fully saturated rings. The number of terminal acetylenes is 1. The van der Waals surface area contributed by atoms with Gasteiger partial charge in [-0.25, -0.2) is 9.37 Å². The number of halogens is 1. The minimum absolute atomic E-state index is 0.0992. The molecule has 1 aromatic heterocycles. The third-order valence-corrected chi connectivity index (χ3v) is 3.82. The number of rotatable bonds is 5. The fourth-order valence-electron chi connectivity index (χ4n) is 2.06. The number of anilines is 2. The van der Waals surface area contributed by atoms with Crippen LogP contribution in [0.25, 0.3) is 0 Å². The maximum Gasteiger partial charge on any atom is 0.256 e. The Morgan fingerprint density at radius 3 is 2.84 bits per heavy atom. The van der Waals surface area contributed by atoms with Gasteiger partial charge in [0.15, 0.2) is 0 Å². The summed E-state index contributed by atoms with van der Waals surface area (Å²) in [5, 5.41) is 14.7. The molecule has 2 aromatic rings. The van der Waals surface area contributed by atoms with Crippen LogP contribution in [0.5, 0.6) is 0 Å². The molecule has 6 heteroatoms. The van der Waals surface area contributed by atoms with Crippen LogP contribution in [0.1, 0.15) is 36.2 Å².